The number of hydrazone groups is 1. The zero-order chi connectivity index (χ0) is 14.7. The highest BCUT2D eigenvalue weighted by molar-refractivity contribution is 5.81. The zero-order valence-corrected chi connectivity index (χ0v) is 10.7. The molecule has 1 aliphatic heterocycles. The summed E-state index contributed by atoms with van der Waals surface area (Å²) < 4.78 is 10.5. The molecule has 0 amide bonds. The second kappa shape index (κ2) is 5.45. The van der Waals surface area contributed by atoms with E-state index in [0.717, 1.165) is 5.56 Å². The molecule has 21 heavy (non-hydrogen) atoms. The minimum Gasteiger partial charge on any atom is -0.454 e. The highest BCUT2D eigenvalue weighted by atomic mass is 16.7. The van der Waals surface area contributed by atoms with Gasteiger partial charge in [-0.25, -0.2) is 4.98 Å². The van der Waals surface area contributed by atoms with Crippen LogP contribution in [0.3, 0.4) is 0 Å². The third kappa shape index (κ3) is 2.89. The van der Waals surface area contributed by atoms with Crippen LogP contribution in [0.2, 0.25) is 0 Å². The molecule has 0 radical (unpaired) electrons. The average Bonchev–Trinajstić information content (AvgIpc) is 2.95. The molecule has 106 valence electrons. The molecule has 0 fully saturated rings. The lowest BCUT2D eigenvalue weighted by Crippen LogP contribution is -1.95. The number of hydrogen-bond donors (Lipinski definition) is 1. The van der Waals surface area contributed by atoms with E-state index < -0.39 is 4.92 Å². The van der Waals surface area contributed by atoms with E-state index in [1.807, 2.05) is 6.07 Å². The normalized spacial score (nSPS) is 12.6. The van der Waals surface area contributed by atoms with Crippen LogP contribution in [-0.4, -0.2) is 22.9 Å². The molecule has 3 rings (SSSR count). The van der Waals surface area contributed by atoms with Crippen molar-refractivity contribution in [3.63, 3.8) is 0 Å². The van der Waals surface area contributed by atoms with Crippen molar-refractivity contribution >= 4 is 17.7 Å². The van der Waals surface area contributed by atoms with Crippen molar-refractivity contribution in [1.82, 2.24) is 4.98 Å². The summed E-state index contributed by atoms with van der Waals surface area (Å²) in [6.45, 7) is 0.223. The van der Waals surface area contributed by atoms with E-state index in [9.17, 15) is 10.1 Å². The first kappa shape index (κ1) is 12.9. The highest BCUT2D eigenvalue weighted by Gasteiger charge is 2.12. The number of pyridine rings is 1. The van der Waals surface area contributed by atoms with Gasteiger partial charge in [0.05, 0.1) is 11.1 Å². The quantitative estimate of drug-likeness (QED) is 0.525. The molecule has 0 aliphatic carbocycles. The first-order valence-electron chi connectivity index (χ1n) is 6.01. The predicted molar refractivity (Wildman–Crippen MR) is 74.7 cm³/mol. The van der Waals surface area contributed by atoms with Crippen LogP contribution in [0.4, 0.5) is 11.5 Å². The van der Waals surface area contributed by atoms with Gasteiger partial charge in [-0.15, -0.1) is 0 Å². The molecule has 2 aromatic rings. The summed E-state index contributed by atoms with van der Waals surface area (Å²) in [5, 5.41) is 14.5. The lowest BCUT2D eigenvalue weighted by atomic mass is 10.2. The van der Waals surface area contributed by atoms with Crippen LogP contribution >= 0.6 is 0 Å². The van der Waals surface area contributed by atoms with Gasteiger partial charge in [0.15, 0.2) is 11.5 Å². The second-order valence-corrected chi connectivity index (χ2v) is 4.14. The summed E-state index contributed by atoms with van der Waals surface area (Å²) in [4.78, 5) is 13.9. The number of benzene rings is 1. The number of fused-ring (bicyclic) bond motifs is 1. The maximum atomic E-state index is 10.5. The van der Waals surface area contributed by atoms with E-state index in [2.05, 4.69) is 15.5 Å². The number of nitrogens with one attached hydrogen (secondary N) is 1. The fraction of sp³-hybridized carbons (Fsp3) is 0.0769. The van der Waals surface area contributed by atoms with Crippen molar-refractivity contribution < 1.29 is 14.4 Å². The second-order valence-electron chi connectivity index (χ2n) is 4.14. The van der Waals surface area contributed by atoms with Gasteiger partial charge in [-0.2, -0.15) is 5.10 Å². The Hall–Kier alpha value is -3.16. The van der Waals surface area contributed by atoms with E-state index in [1.54, 1.807) is 18.3 Å². The van der Waals surface area contributed by atoms with Gasteiger partial charge in [-0.05, 0) is 29.8 Å². The molecular weight excluding hydrogens is 276 g/mol. The third-order valence-corrected chi connectivity index (χ3v) is 2.75. The standard InChI is InChI=1S/C13H10N4O4/c18-17(19)10-2-4-13(14-7-10)16-15-6-9-1-3-11-12(5-9)21-8-20-11/h1-7H,8H2,(H,14,16)/b15-6-. The number of rotatable bonds is 4. The van der Waals surface area contributed by atoms with Gasteiger partial charge in [-0.3, -0.25) is 15.5 Å². The first-order valence-corrected chi connectivity index (χ1v) is 6.01. The zero-order valence-electron chi connectivity index (χ0n) is 10.7. The summed E-state index contributed by atoms with van der Waals surface area (Å²) in [7, 11) is 0. The van der Waals surface area contributed by atoms with Crippen LogP contribution in [0.5, 0.6) is 11.5 Å². The van der Waals surface area contributed by atoms with Gasteiger partial charge >= 0.3 is 0 Å². The summed E-state index contributed by atoms with van der Waals surface area (Å²) in [5.74, 6) is 1.79. The molecule has 0 atom stereocenters. The molecule has 0 spiro atoms. The molecule has 0 bridgehead atoms. The minimum absolute atomic E-state index is 0.0692. The molecule has 0 saturated heterocycles. The van der Waals surface area contributed by atoms with E-state index in [1.165, 1.54) is 18.3 Å². The Kier molecular flexibility index (Phi) is 3.34. The molecular formula is C13H10N4O4. The lowest BCUT2D eigenvalue weighted by molar-refractivity contribution is -0.385. The van der Waals surface area contributed by atoms with Crippen molar-refractivity contribution in [2.75, 3.05) is 12.2 Å². The molecule has 1 aromatic heterocycles. The molecule has 2 heterocycles. The molecule has 1 aliphatic rings. The Balaban J connectivity index is 1.65. The molecule has 0 unspecified atom stereocenters. The Morgan fingerprint density at radius 1 is 1.29 bits per heavy atom. The number of nitro groups is 1. The van der Waals surface area contributed by atoms with Crippen molar-refractivity contribution in [1.29, 1.82) is 0 Å². The number of anilines is 1. The van der Waals surface area contributed by atoms with Crippen LogP contribution in [0, 0.1) is 10.1 Å². The monoisotopic (exact) mass is 286 g/mol. The van der Waals surface area contributed by atoms with E-state index in [-0.39, 0.29) is 12.5 Å². The predicted octanol–water partition coefficient (Wildman–Crippen LogP) is 2.16. The summed E-state index contributed by atoms with van der Waals surface area (Å²) >= 11 is 0. The van der Waals surface area contributed by atoms with Gasteiger partial charge in [0.1, 0.15) is 12.0 Å². The van der Waals surface area contributed by atoms with Crippen molar-refractivity contribution in [2.45, 2.75) is 0 Å². The maximum Gasteiger partial charge on any atom is 0.287 e. The van der Waals surface area contributed by atoms with Gasteiger partial charge in [0.2, 0.25) is 6.79 Å². The van der Waals surface area contributed by atoms with E-state index in [4.69, 9.17) is 9.47 Å². The SMILES string of the molecule is O=[N+]([O-])c1ccc(N/N=C\c2ccc3c(c2)OCO3)nc1. The smallest absolute Gasteiger partial charge is 0.287 e. The Morgan fingerprint density at radius 2 is 2.14 bits per heavy atom. The topological polar surface area (TPSA) is 98.9 Å². The Bertz CT molecular complexity index is 700. The fourth-order valence-corrected chi connectivity index (χ4v) is 1.73. The number of aromatic nitrogens is 1. The van der Waals surface area contributed by atoms with Gasteiger partial charge in [0.25, 0.3) is 5.69 Å². The van der Waals surface area contributed by atoms with Crippen LogP contribution in [0.25, 0.3) is 0 Å². The van der Waals surface area contributed by atoms with Crippen molar-refractivity contribution in [3.05, 3.63) is 52.2 Å². The van der Waals surface area contributed by atoms with Crippen LogP contribution in [0.15, 0.2) is 41.6 Å². The van der Waals surface area contributed by atoms with Crippen LogP contribution in [0.1, 0.15) is 5.56 Å². The van der Waals surface area contributed by atoms with Crippen molar-refractivity contribution in [3.8, 4) is 11.5 Å². The first-order chi connectivity index (χ1) is 10.2. The van der Waals surface area contributed by atoms with Crippen LogP contribution in [-0.2, 0) is 0 Å². The fourth-order valence-electron chi connectivity index (χ4n) is 1.73. The summed E-state index contributed by atoms with van der Waals surface area (Å²) in [6.07, 6.45) is 2.75. The van der Waals surface area contributed by atoms with Gasteiger partial charge < -0.3 is 9.47 Å². The van der Waals surface area contributed by atoms with E-state index in [0.29, 0.717) is 17.3 Å². The third-order valence-electron chi connectivity index (χ3n) is 2.75. The van der Waals surface area contributed by atoms with Gasteiger partial charge in [-0.1, -0.05) is 0 Å². The van der Waals surface area contributed by atoms with E-state index >= 15 is 0 Å². The summed E-state index contributed by atoms with van der Waals surface area (Å²) in [5.41, 5.74) is 3.45. The molecule has 8 heteroatoms. The summed E-state index contributed by atoms with van der Waals surface area (Å²) in [6, 6.07) is 8.27. The number of hydrogen-bond acceptors (Lipinski definition) is 7. The van der Waals surface area contributed by atoms with Crippen molar-refractivity contribution in [2.24, 2.45) is 5.10 Å². The highest BCUT2D eigenvalue weighted by Crippen LogP contribution is 2.31. The Labute approximate surface area is 119 Å². The Morgan fingerprint density at radius 3 is 2.90 bits per heavy atom. The lowest BCUT2D eigenvalue weighted by Gasteiger charge is -1.99. The average molecular weight is 286 g/mol. The largest absolute Gasteiger partial charge is 0.454 e. The maximum absolute atomic E-state index is 10.5. The van der Waals surface area contributed by atoms with Crippen LogP contribution < -0.4 is 14.9 Å². The molecule has 0 saturated carbocycles. The minimum atomic E-state index is -0.507. The number of nitrogens with zero attached hydrogens (tertiary/aromatic N) is 3. The molecule has 1 aromatic carbocycles. The number of ether oxygens (including phenoxy) is 2. The molecule has 1 N–H and O–H groups in total. The molecule has 8 nitrogen and oxygen atoms in total. The van der Waals surface area contributed by atoms with Gasteiger partial charge in [0, 0.05) is 6.07 Å².